The van der Waals surface area contributed by atoms with Gasteiger partial charge in [-0.1, -0.05) is 6.08 Å². The van der Waals surface area contributed by atoms with Gasteiger partial charge in [-0.3, -0.25) is 4.79 Å². The van der Waals surface area contributed by atoms with E-state index in [1.54, 1.807) is 24.2 Å². The number of hydrogen-bond acceptors (Lipinski definition) is 3. The average Bonchev–Trinajstić information content (AvgIpc) is 2.79. The summed E-state index contributed by atoms with van der Waals surface area (Å²) in [7, 11) is 1.64. The molecule has 0 fully saturated rings. The second kappa shape index (κ2) is 9.51. The lowest BCUT2D eigenvalue weighted by Crippen LogP contribution is -2.38. The fraction of sp³-hybridized carbons (Fsp3) is 0.320. The monoisotopic (exact) mass is 514 g/mol. The number of alkyl halides is 6. The number of nitrogens with zero attached hydrogens (tertiary/aromatic N) is 2. The fourth-order valence-corrected chi connectivity index (χ4v) is 4.17. The molecule has 0 unspecified atom stereocenters. The van der Waals surface area contributed by atoms with Crippen LogP contribution in [0.25, 0.3) is 0 Å². The van der Waals surface area contributed by atoms with Crippen molar-refractivity contribution in [1.29, 1.82) is 0 Å². The maximum absolute atomic E-state index is 13.7. The standard InChI is InChI=1S/C25H21F7N2O2/c1-33-9-7-20(16-3-5-19(26)6-4-16)21-22(35)34(8-2-10-36-23(21)33)14-15-11-17(24(27,28)29)13-18(12-15)25(30,31)32/h3,5-7,9,11-13H,2,4,8,10,14H2,1H3. The lowest BCUT2D eigenvalue weighted by Gasteiger charge is -2.33. The molecule has 2 heterocycles. The number of hydrogen-bond donors (Lipinski definition) is 0. The first-order valence-electron chi connectivity index (χ1n) is 11.0. The first-order valence-corrected chi connectivity index (χ1v) is 11.0. The van der Waals surface area contributed by atoms with Crippen molar-refractivity contribution in [2.75, 3.05) is 20.2 Å². The Bertz CT molecular complexity index is 1190. The van der Waals surface area contributed by atoms with E-state index in [0.717, 1.165) is 0 Å². The number of carbonyl (C=O) groups excluding carboxylic acids is 1. The van der Waals surface area contributed by atoms with Gasteiger partial charge in [0.05, 0.1) is 17.7 Å². The minimum Gasteiger partial charge on any atom is -0.478 e. The molecule has 0 radical (unpaired) electrons. The van der Waals surface area contributed by atoms with Gasteiger partial charge in [0, 0.05) is 26.3 Å². The Balaban J connectivity index is 1.75. The topological polar surface area (TPSA) is 32.8 Å². The van der Waals surface area contributed by atoms with E-state index < -0.39 is 41.8 Å². The molecule has 11 heteroatoms. The maximum Gasteiger partial charge on any atom is 0.416 e. The zero-order valence-electron chi connectivity index (χ0n) is 19.0. The van der Waals surface area contributed by atoms with Crippen LogP contribution in [0, 0.1) is 0 Å². The van der Waals surface area contributed by atoms with E-state index in [4.69, 9.17) is 4.74 Å². The zero-order valence-corrected chi connectivity index (χ0v) is 19.0. The highest BCUT2D eigenvalue weighted by molar-refractivity contribution is 6.00. The highest BCUT2D eigenvalue weighted by Gasteiger charge is 2.38. The number of ether oxygens (including phenoxy) is 1. The van der Waals surface area contributed by atoms with E-state index in [1.807, 2.05) is 0 Å². The molecule has 192 valence electrons. The summed E-state index contributed by atoms with van der Waals surface area (Å²) >= 11 is 0. The van der Waals surface area contributed by atoms with Crippen molar-refractivity contribution in [2.45, 2.75) is 31.7 Å². The third kappa shape index (κ3) is 5.34. The molecule has 4 rings (SSSR count). The van der Waals surface area contributed by atoms with Crippen LogP contribution in [-0.2, 0) is 28.4 Å². The molecule has 0 atom stereocenters. The Morgan fingerprint density at radius 3 is 2.22 bits per heavy atom. The fourth-order valence-electron chi connectivity index (χ4n) is 4.17. The predicted molar refractivity (Wildman–Crippen MR) is 116 cm³/mol. The van der Waals surface area contributed by atoms with Gasteiger partial charge in [0.25, 0.3) is 5.91 Å². The van der Waals surface area contributed by atoms with Crippen LogP contribution >= 0.6 is 0 Å². The molecule has 36 heavy (non-hydrogen) atoms. The highest BCUT2D eigenvalue weighted by Crippen LogP contribution is 2.38. The van der Waals surface area contributed by atoms with Crippen LogP contribution in [0.5, 0.6) is 0 Å². The van der Waals surface area contributed by atoms with Crippen LogP contribution < -0.4 is 0 Å². The van der Waals surface area contributed by atoms with Gasteiger partial charge in [0.2, 0.25) is 5.88 Å². The lowest BCUT2D eigenvalue weighted by molar-refractivity contribution is -0.143. The quantitative estimate of drug-likeness (QED) is 0.438. The van der Waals surface area contributed by atoms with Gasteiger partial charge in [0.1, 0.15) is 11.4 Å². The van der Waals surface area contributed by atoms with Gasteiger partial charge in [0.15, 0.2) is 0 Å². The number of amides is 1. The summed E-state index contributed by atoms with van der Waals surface area (Å²) in [6.45, 7) is -0.249. The third-order valence-electron chi connectivity index (χ3n) is 5.91. The Labute approximate surface area is 202 Å². The van der Waals surface area contributed by atoms with Gasteiger partial charge in [-0.2, -0.15) is 26.3 Å². The number of benzene rings is 1. The van der Waals surface area contributed by atoms with Crippen LogP contribution in [0.2, 0.25) is 0 Å². The summed E-state index contributed by atoms with van der Waals surface area (Å²) in [5.74, 6) is -0.840. The van der Waals surface area contributed by atoms with E-state index >= 15 is 0 Å². The van der Waals surface area contributed by atoms with Crippen molar-refractivity contribution >= 4 is 5.91 Å². The first kappa shape index (κ1) is 25.6. The van der Waals surface area contributed by atoms with E-state index in [-0.39, 0.29) is 42.7 Å². The Morgan fingerprint density at radius 2 is 1.64 bits per heavy atom. The molecule has 0 saturated heterocycles. The minimum atomic E-state index is -5.00. The largest absolute Gasteiger partial charge is 0.478 e. The van der Waals surface area contributed by atoms with Crippen molar-refractivity contribution in [3.63, 3.8) is 0 Å². The van der Waals surface area contributed by atoms with Crippen molar-refractivity contribution in [1.82, 2.24) is 9.80 Å². The van der Waals surface area contributed by atoms with Crippen molar-refractivity contribution in [3.05, 3.63) is 93.8 Å². The van der Waals surface area contributed by atoms with Crippen molar-refractivity contribution in [2.24, 2.45) is 0 Å². The predicted octanol–water partition coefficient (Wildman–Crippen LogP) is 6.25. The minimum absolute atomic E-state index is 0.0492. The van der Waals surface area contributed by atoms with Crippen LogP contribution in [0.1, 0.15) is 29.5 Å². The Morgan fingerprint density at radius 1 is 0.972 bits per heavy atom. The van der Waals surface area contributed by atoms with Crippen LogP contribution in [0.3, 0.4) is 0 Å². The molecule has 0 bridgehead atoms. The summed E-state index contributed by atoms with van der Waals surface area (Å²) in [6, 6.07) is 1.30. The average molecular weight is 514 g/mol. The molecule has 3 aliphatic rings. The van der Waals surface area contributed by atoms with Gasteiger partial charge in [-0.05, 0) is 66.0 Å². The summed E-state index contributed by atoms with van der Waals surface area (Å²) in [4.78, 5) is 16.5. The van der Waals surface area contributed by atoms with Gasteiger partial charge < -0.3 is 14.5 Å². The Kier molecular flexibility index (Phi) is 6.76. The van der Waals surface area contributed by atoms with Crippen molar-refractivity contribution < 1.29 is 40.3 Å². The van der Waals surface area contributed by atoms with Gasteiger partial charge in [-0.25, -0.2) is 4.39 Å². The maximum atomic E-state index is 13.7. The summed E-state index contributed by atoms with van der Waals surface area (Å²) in [6.07, 6.45) is -2.09. The van der Waals surface area contributed by atoms with Gasteiger partial charge in [-0.15, -0.1) is 0 Å². The lowest BCUT2D eigenvalue weighted by atomic mass is 9.92. The molecule has 1 aliphatic carbocycles. The molecule has 0 N–H and O–H groups in total. The molecular weight excluding hydrogens is 493 g/mol. The van der Waals surface area contributed by atoms with Gasteiger partial charge >= 0.3 is 12.4 Å². The molecule has 1 amide bonds. The smallest absolute Gasteiger partial charge is 0.416 e. The summed E-state index contributed by atoms with van der Waals surface area (Å²) in [5.41, 5.74) is -2.02. The molecule has 1 aromatic carbocycles. The molecule has 1 aromatic rings. The molecule has 0 spiro atoms. The molecular formula is C25H21F7N2O2. The van der Waals surface area contributed by atoms with Crippen LogP contribution in [0.4, 0.5) is 30.7 Å². The second-order valence-corrected chi connectivity index (χ2v) is 8.52. The zero-order chi connectivity index (χ0) is 26.3. The molecule has 0 saturated carbocycles. The number of halogens is 7. The molecule has 0 aromatic heterocycles. The number of allylic oxidation sites excluding steroid dienone is 6. The third-order valence-corrected chi connectivity index (χ3v) is 5.91. The number of carbonyl (C=O) groups is 1. The molecule has 4 nitrogen and oxygen atoms in total. The van der Waals surface area contributed by atoms with E-state index in [0.29, 0.717) is 29.7 Å². The summed E-state index contributed by atoms with van der Waals surface area (Å²) < 4.78 is 99.3. The normalized spacial score (nSPS) is 21.2. The highest BCUT2D eigenvalue weighted by atomic mass is 19.4. The van der Waals surface area contributed by atoms with E-state index in [1.165, 1.54) is 23.1 Å². The molecule has 2 aliphatic heterocycles. The summed E-state index contributed by atoms with van der Waals surface area (Å²) in [5, 5.41) is 0. The van der Waals surface area contributed by atoms with Crippen LogP contribution in [-0.4, -0.2) is 35.9 Å². The SMILES string of the molecule is CN1C=CC(=C2C=CC(F)=CC2)C2=C1OCCCN(Cc1cc(C(F)(F)F)cc(C(F)(F)F)c1)C2=O. The number of rotatable bonds is 2. The van der Waals surface area contributed by atoms with E-state index in [2.05, 4.69) is 0 Å². The van der Waals surface area contributed by atoms with E-state index in [9.17, 15) is 35.5 Å². The van der Waals surface area contributed by atoms with Crippen LogP contribution in [0.15, 0.2) is 77.1 Å². The first-order chi connectivity index (χ1) is 16.8. The Hall–Kier alpha value is -3.50. The second-order valence-electron chi connectivity index (χ2n) is 8.52. The van der Waals surface area contributed by atoms with Crippen molar-refractivity contribution in [3.8, 4) is 0 Å².